The molecule has 0 radical (unpaired) electrons. The van der Waals surface area contributed by atoms with Crippen LogP contribution in [-0.2, 0) is 9.47 Å². The zero-order chi connectivity index (χ0) is 13.0. The fraction of sp³-hybridized carbons (Fsp3) is 1.00. The van der Waals surface area contributed by atoms with Crippen LogP contribution in [0.1, 0.15) is 20.8 Å². The Labute approximate surface area is 92.5 Å². The van der Waals surface area contributed by atoms with Crippen molar-refractivity contribution < 1.29 is 27.8 Å². The molecule has 0 saturated carbocycles. The first-order valence-corrected chi connectivity index (χ1v) is 4.78. The van der Waals surface area contributed by atoms with Gasteiger partial charge in [0, 0.05) is 5.54 Å². The van der Waals surface area contributed by atoms with E-state index in [2.05, 4.69) is 4.74 Å². The Hall–Kier alpha value is -0.370. The molecule has 0 rings (SSSR count). The number of alkyl halides is 3. The molecule has 0 amide bonds. The summed E-state index contributed by atoms with van der Waals surface area (Å²) >= 11 is 0. The van der Waals surface area contributed by atoms with Gasteiger partial charge in [0.25, 0.3) is 0 Å². The topological polar surface area (TPSA) is 64.7 Å². The molecule has 0 aromatic carbocycles. The average molecular weight is 245 g/mol. The lowest BCUT2D eigenvalue weighted by molar-refractivity contribution is -0.252. The van der Waals surface area contributed by atoms with E-state index < -0.39 is 30.7 Å². The van der Waals surface area contributed by atoms with Gasteiger partial charge in [-0.15, -0.1) is 0 Å². The first-order valence-electron chi connectivity index (χ1n) is 4.78. The maximum absolute atomic E-state index is 11.9. The number of hydrogen-bond donors (Lipinski definition) is 2. The third-order valence-corrected chi connectivity index (χ3v) is 1.42. The van der Waals surface area contributed by atoms with E-state index in [1.165, 1.54) is 6.92 Å². The minimum absolute atomic E-state index is 0.0135. The van der Waals surface area contributed by atoms with Crippen LogP contribution in [0.5, 0.6) is 0 Å². The average Bonchev–Trinajstić information content (AvgIpc) is 1.98. The van der Waals surface area contributed by atoms with E-state index in [-0.39, 0.29) is 6.61 Å². The second-order valence-electron chi connectivity index (χ2n) is 4.33. The van der Waals surface area contributed by atoms with Crippen molar-refractivity contribution in [2.45, 2.75) is 44.9 Å². The highest BCUT2D eigenvalue weighted by molar-refractivity contribution is 4.71. The lowest BCUT2D eigenvalue weighted by Crippen LogP contribution is -2.42. The van der Waals surface area contributed by atoms with Gasteiger partial charge in [0.05, 0.1) is 6.61 Å². The van der Waals surface area contributed by atoms with Gasteiger partial charge in [0.1, 0.15) is 12.7 Å². The maximum Gasteiger partial charge on any atom is 0.411 e. The van der Waals surface area contributed by atoms with Crippen molar-refractivity contribution in [3.05, 3.63) is 0 Å². The number of halogens is 3. The second kappa shape index (κ2) is 5.81. The summed E-state index contributed by atoms with van der Waals surface area (Å²) in [6, 6.07) is 0. The van der Waals surface area contributed by atoms with Crippen LogP contribution in [0, 0.1) is 0 Å². The van der Waals surface area contributed by atoms with Gasteiger partial charge in [-0.25, -0.2) is 0 Å². The minimum atomic E-state index is -4.45. The largest absolute Gasteiger partial charge is 0.411 e. The molecule has 0 bridgehead atoms. The predicted molar refractivity (Wildman–Crippen MR) is 51.7 cm³/mol. The fourth-order valence-corrected chi connectivity index (χ4v) is 0.800. The Morgan fingerprint density at radius 1 is 1.19 bits per heavy atom. The number of rotatable bonds is 6. The molecule has 98 valence electrons. The van der Waals surface area contributed by atoms with Crippen LogP contribution in [0.25, 0.3) is 0 Å². The first kappa shape index (κ1) is 15.6. The van der Waals surface area contributed by atoms with Gasteiger partial charge >= 0.3 is 6.18 Å². The minimum Gasteiger partial charge on any atom is -0.388 e. The van der Waals surface area contributed by atoms with E-state index in [1.807, 2.05) is 0 Å². The second-order valence-corrected chi connectivity index (χ2v) is 4.33. The van der Waals surface area contributed by atoms with Crippen molar-refractivity contribution in [2.24, 2.45) is 5.73 Å². The Morgan fingerprint density at radius 3 is 1.94 bits per heavy atom. The highest BCUT2D eigenvalue weighted by Gasteiger charge is 2.31. The summed E-state index contributed by atoms with van der Waals surface area (Å²) in [7, 11) is 0. The molecule has 4 nitrogen and oxygen atoms in total. The Morgan fingerprint density at radius 2 is 1.62 bits per heavy atom. The smallest absolute Gasteiger partial charge is 0.388 e. The van der Waals surface area contributed by atoms with Crippen molar-refractivity contribution in [1.29, 1.82) is 0 Å². The number of hydrogen-bond acceptors (Lipinski definition) is 4. The standard InChI is InChI=1S/C9H18F3NO3/c1-6(14)7(15-4-8(2,3)13)16-5-9(10,11)12/h6-7,14H,4-5,13H2,1-3H3. The highest BCUT2D eigenvalue weighted by atomic mass is 19.4. The molecule has 3 N–H and O–H groups in total. The van der Waals surface area contributed by atoms with E-state index in [9.17, 15) is 13.2 Å². The van der Waals surface area contributed by atoms with Gasteiger partial charge in [-0.2, -0.15) is 13.2 Å². The Kier molecular flexibility index (Phi) is 5.67. The molecular weight excluding hydrogens is 227 g/mol. The molecule has 0 aliphatic rings. The molecule has 0 saturated heterocycles. The molecule has 7 heteroatoms. The fourth-order valence-electron chi connectivity index (χ4n) is 0.800. The monoisotopic (exact) mass is 245 g/mol. The number of nitrogens with two attached hydrogens (primary N) is 1. The number of ether oxygens (including phenoxy) is 2. The lowest BCUT2D eigenvalue weighted by atomic mass is 10.1. The first-order chi connectivity index (χ1) is 7.01. The van der Waals surface area contributed by atoms with Gasteiger partial charge in [-0.1, -0.05) is 0 Å². The third-order valence-electron chi connectivity index (χ3n) is 1.42. The molecule has 2 atom stereocenters. The van der Waals surface area contributed by atoms with E-state index in [0.29, 0.717) is 0 Å². The van der Waals surface area contributed by atoms with E-state index in [1.54, 1.807) is 13.8 Å². The van der Waals surface area contributed by atoms with Gasteiger partial charge < -0.3 is 20.3 Å². The SMILES string of the molecule is CC(O)C(OCC(C)(C)N)OCC(F)(F)F. The molecule has 0 aromatic heterocycles. The van der Waals surface area contributed by atoms with Crippen molar-refractivity contribution in [2.75, 3.05) is 13.2 Å². The van der Waals surface area contributed by atoms with Crippen LogP contribution in [0.2, 0.25) is 0 Å². The molecule has 0 fully saturated rings. The molecule has 0 aromatic rings. The van der Waals surface area contributed by atoms with Crippen LogP contribution < -0.4 is 5.73 Å². The summed E-state index contributed by atoms with van der Waals surface area (Å²) in [4.78, 5) is 0. The van der Waals surface area contributed by atoms with Crippen molar-refractivity contribution >= 4 is 0 Å². The third kappa shape index (κ3) is 8.90. The Bertz CT molecular complexity index is 183. The summed E-state index contributed by atoms with van der Waals surface area (Å²) in [5, 5.41) is 9.15. The summed E-state index contributed by atoms with van der Waals surface area (Å²) in [6.07, 6.45) is -6.94. The van der Waals surface area contributed by atoms with Gasteiger partial charge in [0.2, 0.25) is 0 Å². The molecule has 0 aliphatic carbocycles. The van der Waals surface area contributed by atoms with Crippen molar-refractivity contribution in [3.8, 4) is 0 Å². The summed E-state index contributed by atoms with van der Waals surface area (Å²) < 4.78 is 45.0. The van der Waals surface area contributed by atoms with Crippen LogP contribution in [0.3, 0.4) is 0 Å². The summed E-state index contributed by atoms with van der Waals surface area (Å²) in [5.74, 6) is 0. The molecule has 0 spiro atoms. The van der Waals surface area contributed by atoms with Crippen molar-refractivity contribution in [1.82, 2.24) is 0 Å². The van der Waals surface area contributed by atoms with Crippen LogP contribution in [-0.4, -0.2) is 42.4 Å². The zero-order valence-corrected chi connectivity index (χ0v) is 9.54. The van der Waals surface area contributed by atoms with Crippen LogP contribution >= 0.6 is 0 Å². The molecule has 2 unspecified atom stereocenters. The van der Waals surface area contributed by atoms with Gasteiger partial charge in [0.15, 0.2) is 6.29 Å². The predicted octanol–water partition coefficient (Wildman–Crippen LogP) is 1.03. The molecule has 0 aliphatic heterocycles. The van der Waals surface area contributed by atoms with E-state index in [4.69, 9.17) is 15.6 Å². The number of aliphatic hydroxyl groups excluding tert-OH is 1. The van der Waals surface area contributed by atoms with Crippen LogP contribution in [0.15, 0.2) is 0 Å². The van der Waals surface area contributed by atoms with Gasteiger partial charge in [-0.05, 0) is 20.8 Å². The quantitative estimate of drug-likeness (QED) is 0.686. The molecular formula is C9H18F3NO3. The van der Waals surface area contributed by atoms with E-state index >= 15 is 0 Å². The molecule has 0 heterocycles. The van der Waals surface area contributed by atoms with Crippen LogP contribution in [0.4, 0.5) is 13.2 Å². The number of aliphatic hydroxyl groups is 1. The van der Waals surface area contributed by atoms with E-state index in [0.717, 1.165) is 0 Å². The highest BCUT2D eigenvalue weighted by Crippen LogP contribution is 2.17. The summed E-state index contributed by atoms with van der Waals surface area (Å²) in [6.45, 7) is 3.10. The molecule has 16 heavy (non-hydrogen) atoms. The maximum atomic E-state index is 11.9. The lowest BCUT2D eigenvalue weighted by Gasteiger charge is -2.26. The van der Waals surface area contributed by atoms with Crippen molar-refractivity contribution in [3.63, 3.8) is 0 Å². The van der Waals surface area contributed by atoms with Gasteiger partial charge in [-0.3, -0.25) is 0 Å². The summed E-state index contributed by atoms with van der Waals surface area (Å²) in [5.41, 5.74) is 4.88. The zero-order valence-electron chi connectivity index (χ0n) is 9.54. The Balaban J connectivity index is 4.09. The normalized spacial score (nSPS) is 17.2.